The molecule has 1 atom stereocenters. The first kappa shape index (κ1) is 18.3. The predicted molar refractivity (Wildman–Crippen MR) is 104 cm³/mol. The van der Waals surface area contributed by atoms with Crippen LogP contribution in [0.1, 0.15) is 24.5 Å². The van der Waals surface area contributed by atoms with E-state index < -0.39 is 0 Å². The lowest BCUT2D eigenvalue weighted by Crippen LogP contribution is -2.36. The summed E-state index contributed by atoms with van der Waals surface area (Å²) in [5, 5.41) is 0. The van der Waals surface area contributed by atoms with Gasteiger partial charge in [-0.3, -0.25) is 9.59 Å². The van der Waals surface area contributed by atoms with Crippen LogP contribution in [0, 0.1) is 5.92 Å². The average Bonchev–Trinajstić information content (AvgIpc) is 3.33. The van der Waals surface area contributed by atoms with Gasteiger partial charge in [-0.1, -0.05) is 36.4 Å². The Balaban J connectivity index is 1.40. The molecule has 1 saturated heterocycles. The van der Waals surface area contributed by atoms with E-state index in [2.05, 4.69) is 0 Å². The second-order valence-electron chi connectivity index (χ2n) is 7.20. The van der Waals surface area contributed by atoms with Crippen LogP contribution in [0.2, 0.25) is 0 Å². The summed E-state index contributed by atoms with van der Waals surface area (Å²) in [7, 11) is 0. The predicted octanol–water partition coefficient (Wildman–Crippen LogP) is 2.81. The molecule has 2 heterocycles. The number of rotatable bonds is 6. The second kappa shape index (κ2) is 7.92. The monoisotopic (exact) mass is 380 g/mol. The number of benzene rings is 2. The highest BCUT2D eigenvalue weighted by molar-refractivity contribution is 5.89. The number of nitrogens with zero attached hydrogens (tertiary/aromatic N) is 2. The molecule has 2 aromatic carbocycles. The number of hydrogen-bond donors (Lipinski definition) is 0. The van der Waals surface area contributed by atoms with Crippen molar-refractivity contribution in [1.82, 2.24) is 9.80 Å². The number of ether oxygens (including phenoxy) is 2. The maximum absolute atomic E-state index is 13.0. The van der Waals surface area contributed by atoms with Crippen LogP contribution < -0.4 is 9.47 Å². The molecule has 1 fully saturated rings. The van der Waals surface area contributed by atoms with Crippen LogP contribution in [0.25, 0.3) is 0 Å². The lowest BCUT2D eigenvalue weighted by molar-refractivity contribution is -0.136. The van der Waals surface area contributed by atoms with Crippen LogP contribution in [0.3, 0.4) is 0 Å². The van der Waals surface area contributed by atoms with Crippen LogP contribution in [0.4, 0.5) is 0 Å². The maximum Gasteiger partial charge on any atom is 0.231 e. The smallest absolute Gasteiger partial charge is 0.231 e. The Kier molecular flexibility index (Phi) is 5.19. The van der Waals surface area contributed by atoms with Crippen molar-refractivity contribution in [2.24, 2.45) is 5.92 Å². The Morgan fingerprint density at radius 1 is 1.11 bits per heavy atom. The topological polar surface area (TPSA) is 59.1 Å². The Labute approximate surface area is 164 Å². The van der Waals surface area contributed by atoms with Gasteiger partial charge in [0.2, 0.25) is 18.6 Å². The molecule has 28 heavy (non-hydrogen) atoms. The Morgan fingerprint density at radius 2 is 1.89 bits per heavy atom. The van der Waals surface area contributed by atoms with E-state index in [1.807, 2.05) is 60.4 Å². The molecule has 0 bridgehead atoms. The number of carbonyl (C=O) groups is 2. The summed E-state index contributed by atoms with van der Waals surface area (Å²) < 4.78 is 10.7. The molecule has 0 aliphatic carbocycles. The zero-order valence-electron chi connectivity index (χ0n) is 16.0. The highest BCUT2D eigenvalue weighted by Crippen LogP contribution is 2.33. The van der Waals surface area contributed by atoms with Crippen molar-refractivity contribution in [3.05, 3.63) is 59.7 Å². The summed E-state index contributed by atoms with van der Waals surface area (Å²) in [6.45, 7) is 4.33. The minimum Gasteiger partial charge on any atom is -0.454 e. The highest BCUT2D eigenvalue weighted by Gasteiger charge is 2.36. The molecule has 0 radical (unpaired) electrons. The van der Waals surface area contributed by atoms with Crippen LogP contribution in [-0.4, -0.2) is 41.5 Å². The van der Waals surface area contributed by atoms with E-state index in [1.165, 1.54) is 0 Å². The minimum absolute atomic E-state index is 0.0202. The first-order valence-electron chi connectivity index (χ1n) is 9.63. The van der Waals surface area contributed by atoms with Crippen molar-refractivity contribution in [3.63, 3.8) is 0 Å². The molecule has 2 aliphatic heterocycles. The zero-order valence-corrected chi connectivity index (χ0v) is 16.0. The third-order valence-corrected chi connectivity index (χ3v) is 5.28. The van der Waals surface area contributed by atoms with Gasteiger partial charge in [0.05, 0.1) is 5.92 Å². The van der Waals surface area contributed by atoms with Gasteiger partial charge < -0.3 is 19.3 Å². The maximum atomic E-state index is 13.0. The quantitative estimate of drug-likeness (QED) is 0.773. The van der Waals surface area contributed by atoms with Crippen molar-refractivity contribution in [1.29, 1.82) is 0 Å². The lowest BCUT2D eigenvalue weighted by Gasteiger charge is -2.24. The van der Waals surface area contributed by atoms with Gasteiger partial charge in [-0.05, 0) is 30.2 Å². The molecular weight excluding hydrogens is 356 g/mol. The van der Waals surface area contributed by atoms with Gasteiger partial charge in [-0.25, -0.2) is 0 Å². The normalized spacial score (nSPS) is 17.8. The Morgan fingerprint density at radius 3 is 2.68 bits per heavy atom. The van der Waals surface area contributed by atoms with E-state index in [0.717, 1.165) is 16.9 Å². The van der Waals surface area contributed by atoms with Gasteiger partial charge in [0, 0.05) is 32.6 Å². The third-order valence-electron chi connectivity index (χ3n) is 5.28. The van der Waals surface area contributed by atoms with Gasteiger partial charge in [0.15, 0.2) is 11.5 Å². The molecule has 146 valence electrons. The molecule has 6 nitrogen and oxygen atoms in total. The Hall–Kier alpha value is -3.02. The molecule has 2 aliphatic rings. The Bertz CT molecular complexity index is 868. The lowest BCUT2D eigenvalue weighted by atomic mass is 10.1. The van der Waals surface area contributed by atoms with Gasteiger partial charge in [-0.2, -0.15) is 0 Å². The molecule has 1 unspecified atom stereocenters. The van der Waals surface area contributed by atoms with E-state index in [9.17, 15) is 9.59 Å². The van der Waals surface area contributed by atoms with Gasteiger partial charge in [0.25, 0.3) is 0 Å². The average molecular weight is 380 g/mol. The van der Waals surface area contributed by atoms with Gasteiger partial charge >= 0.3 is 0 Å². The van der Waals surface area contributed by atoms with Crippen LogP contribution in [-0.2, 0) is 22.7 Å². The minimum atomic E-state index is -0.287. The molecule has 0 N–H and O–H groups in total. The number of likely N-dealkylation sites (tertiary alicyclic amines) is 1. The molecule has 4 rings (SSSR count). The standard InChI is InChI=1S/C22H24N2O4/c1-2-23(12-16-6-4-3-5-7-16)22(26)18-11-21(25)24(14-18)13-17-8-9-19-20(10-17)28-15-27-19/h3-10,18H,2,11-15H2,1H3. The van der Waals surface area contributed by atoms with Gasteiger partial charge in [0.1, 0.15) is 0 Å². The van der Waals surface area contributed by atoms with E-state index in [-0.39, 0.29) is 30.9 Å². The number of amides is 2. The number of fused-ring (bicyclic) bond motifs is 1. The molecule has 2 aromatic rings. The van der Waals surface area contributed by atoms with Crippen molar-refractivity contribution in [2.75, 3.05) is 19.9 Å². The largest absolute Gasteiger partial charge is 0.454 e. The first-order chi connectivity index (χ1) is 13.6. The van der Waals surface area contributed by atoms with Crippen LogP contribution >= 0.6 is 0 Å². The van der Waals surface area contributed by atoms with E-state index >= 15 is 0 Å². The second-order valence-corrected chi connectivity index (χ2v) is 7.20. The van der Waals surface area contributed by atoms with E-state index in [4.69, 9.17) is 9.47 Å². The van der Waals surface area contributed by atoms with E-state index in [0.29, 0.717) is 31.9 Å². The highest BCUT2D eigenvalue weighted by atomic mass is 16.7. The third kappa shape index (κ3) is 3.81. The fraction of sp³-hybridized carbons (Fsp3) is 0.364. The van der Waals surface area contributed by atoms with Crippen molar-refractivity contribution in [2.45, 2.75) is 26.4 Å². The fourth-order valence-corrected chi connectivity index (χ4v) is 3.76. The molecule has 2 amide bonds. The van der Waals surface area contributed by atoms with Crippen molar-refractivity contribution < 1.29 is 19.1 Å². The van der Waals surface area contributed by atoms with Crippen molar-refractivity contribution in [3.8, 4) is 11.5 Å². The molecule has 0 saturated carbocycles. The summed E-state index contributed by atoms with van der Waals surface area (Å²) in [5.41, 5.74) is 2.07. The summed E-state index contributed by atoms with van der Waals surface area (Å²) in [6.07, 6.45) is 0.272. The molecular formula is C22H24N2O4. The molecule has 0 spiro atoms. The summed E-state index contributed by atoms with van der Waals surface area (Å²) in [5.74, 6) is 1.21. The molecule has 0 aromatic heterocycles. The SMILES string of the molecule is CCN(Cc1ccccc1)C(=O)C1CC(=O)N(Cc2ccc3c(c2)OCO3)C1. The van der Waals surface area contributed by atoms with Gasteiger partial charge in [-0.15, -0.1) is 0 Å². The zero-order chi connectivity index (χ0) is 19.5. The van der Waals surface area contributed by atoms with Crippen LogP contribution in [0.5, 0.6) is 11.5 Å². The van der Waals surface area contributed by atoms with E-state index in [1.54, 1.807) is 4.90 Å². The first-order valence-corrected chi connectivity index (χ1v) is 9.63. The summed E-state index contributed by atoms with van der Waals surface area (Å²) in [4.78, 5) is 29.1. The fourth-order valence-electron chi connectivity index (χ4n) is 3.76. The number of carbonyl (C=O) groups excluding carboxylic acids is 2. The molecule has 6 heteroatoms. The summed E-state index contributed by atoms with van der Waals surface area (Å²) >= 11 is 0. The van der Waals surface area contributed by atoms with Crippen molar-refractivity contribution >= 4 is 11.8 Å². The number of hydrogen-bond acceptors (Lipinski definition) is 4. The summed E-state index contributed by atoms with van der Waals surface area (Å²) in [6, 6.07) is 15.6. The van der Waals surface area contributed by atoms with Crippen LogP contribution in [0.15, 0.2) is 48.5 Å².